The molecule has 0 aliphatic heterocycles. The summed E-state index contributed by atoms with van der Waals surface area (Å²) in [5, 5.41) is 10.8. The predicted molar refractivity (Wildman–Crippen MR) is 119 cm³/mol. The van der Waals surface area contributed by atoms with Gasteiger partial charge in [0.05, 0.1) is 13.1 Å². The Morgan fingerprint density at radius 3 is 2.57 bits per heavy atom. The summed E-state index contributed by atoms with van der Waals surface area (Å²) in [5.41, 5.74) is 1.83. The fraction of sp³-hybridized carbons (Fsp3) is 0.500. The predicted octanol–water partition coefficient (Wildman–Crippen LogP) is 2.85. The highest BCUT2D eigenvalue weighted by Crippen LogP contribution is 2.12. The summed E-state index contributed by atoms with van der Waals surface area (Å²) in [5.74, 6) is 0.712. The van der Waals surface area contributed by atoms with Crippen molar-refractivity contribution in [3.63, 3.8) is 0 Å². The Labute approximate surface area is 179 Å². The number of benzene rings is 1. The fourth-order valence-corrected chi connectivity index (χ4v) is 2.71. The molecule has 1 amide bonds. The summed E-state index contributed by atoms with van der Waals surface area (Å²) in [6.45, 7) is 10.7. The lowest BCUT2D eigenvalue weighted by Gasteiger charge is -2.25. The molecule has 0 aliphatic carbocycles. The minimum atomic E-state index is -0.501. The topological polar surface area (TPSA) is 83.8 Å². The van der Waals surface area contributed by atoms with Gasteiger partial charge in [-0.1, -0.05) is 24.3 Å². The van der Waals surface area contributed by atoms with Gasteiger partial charge >= 0.3 is 6.09 Å². The SMILES string of the molecule is CCNC(=NCc1ccccc1Cn1cccn1)NCCN(C)C(=O)OC(C)(C)C. The van der Waals surface area contributed by atoms with Gasteiger partial charge in [-0.25, -0.2) is 9.79 Å². The summed E-state index contributed by atoms with van der Waals surface area (Å²) in [6, 6.07) is 10.2. The monoisotopic (exact) mass is 414 g/mol. The quantitative estimate of drug-likeness (QED) is 0.513. The molecule has 0 radical (unpaired) electrons. The van der Waals surface area contributed by atoms with E-state index in [9.17, 15) is 4.79 Å². The van der Waals surface area contributed by atoms with Crippen LogP contribution in [0.15, 0.2) is 47.7 Å². The maximum absolute atomic E-state index is 12.1. The van der Waals surface area contributed by atoms with Crippen molar-refractivity contribution < 1.29 is 9.53 Å². The first-order chi connectivity index (χ1) is 14.3. The molecule has 1 heterocycles. The minimum absolute atomic E-state index is 0.334. The van der Waals surface area contributed by atoms with E-state index in [1.54, 1.807) is 18.1 Å². The molecule has 0 atom stereocenters. The largest absolute Gasteiger partial charge is 0.444 e. The number of aromatic nitrogens is 2. The van der Waals surface area contributed by atoms with E-state index in [4.69, 9.17) is 9.73 Å². The Bertz CT molecular complexity index is 811. The van der Waals surface area contributed by atoms with Crippen LogP contribution in [0.3, 0.4) is 0 Å². The molecule has 1 aromatic carbocycles. The molecule has 8 heteroatoms. The van der Waals surface area contributed by atoms with E-state index in [0.717, 1.165) is 12.1 Å². The Morgan fingerprint density at radius 1 is 1.20 bits per heavy atom. The van der Waals surface area contributed by atoms with Gasteiger partial charge in [0.2, 0.25) is 0 Å². The van der Waals surface area contributed by atoms with Gasteiger partial charge < -0.3 is 20.3 Å². The summed E-state index contributed by atoms with van der Waals surface area (Å²) < 4.78 is 7.27. The maximum Gasteiger partial charge on any atom is 0.410 e. The maximum atomic E-state index is 12.1. The van der Waals surface area contributed by atoms with Crippen LogP contribution >= 0.6 is 0 Å². The number of ether oxygens (including phenoxy) is 1. The third-order valence-corrected chi connectivity index (χ3v) is 4.21. The zero-order valence-electron chi connectivity index (χ0n) is 18.7. The van der Waals surface area contributed by atoms with Crippen LogP contribution in [0.25, 0.3) is 0 Å². The molecule has 0 spiro atoms. The molecular formula is C22H34N6O2. The first-order valence-electron chi connectivity index (χ1n) is 10.3. The molecule has 1 aromatic heterocycles. The van der Waals surface area contributed by atoms with Crippen molar-refractivity contribution >= 4 is 12.1 Å². The van der Waals surface area contributed by atoms with Gasteiger partial charge in [0.1, 0.15) is 5.60 Å². The van der Waals surface area contributed by atoms with Crippen LogP contribution in [0.1, 0.15) is 38.8 Å². The zero-order chi connectivity index (χ0) is 22.0. The fourth-order valence-electron chi connectivity index (χ4n) is 2.71. The van der Waals surface area contributed by atoms with Gasteiger partial charge in [-0.15, -0.1) is 0 Å². The number of carbonyl (C=O) groups is 1. The van der Waals surface area contributed by atoms with Gasteiger partial charge in [0, 0.05) is 39.1 Å². The van der Waals surface area contributed by atoms with E-state index in [-0.39, 0.29) is 6.09 Å². The molecule has 0 unspecified atom stereocenters. The number of nitrogens with one attached hydrogen (secondary N) is 2. The average Bonchev–Trinajstić information content (AvgIpc) is 3.18. The van der Waals surface area contributed by atoms with E-state index < -0.39 is 5.60 Å². The van der Waals surface area contributed by atoms with E-state index >= 15 is 0 Å². The number of aliphatic imine (C=N–C) groups is 1. The summed E-state index contributed by atoms with van der Waals surface area (Å²) in [6.07, 6.45) is 3.40. The smallest absolute Gasteiger partial charge is 0.410 e. The molecule has 30 heavy (non-hydrogen) atoms. The van der Waals surface area contributed by atoms with Crippen molar-refractivity contribution in [2.75, 3.05) is 26.7 Å². The number of nitrogens with zero attached hydrogens (tertiary/aromatic N) is 4. The van der Waals surface area contributed by atoms with Crippen LogP contribution in [0.2, 0.25) is 0 Å². The Morgan fingerprint density at radius 2 is 1.93 bits per heavy atom. The van der Waals surface area contributed by atoms with Gasteiger partial charge in [-0.05, 0) is 44.9 Å². The van der Waals surface area contributed by atoms with Crippen LogP contribution in [-0.2, 0) is 17.8 Å². The molecule has 8 nitrogen and oxygen atoms in total. The van der Waals surface area contributed by atoms with Crippen molar-refractivity contribution in [2.24, 2.45) is 4.99 Å². The summed E-state index contributed by atoms with van der Waals surface area (Å²) in [7, 11) is 1.73. The van der Waals surface area contributed by atoms with Crippen LogP contribution in [-0.4, -0.2) is 59.0 Å². The zero-order valence-corrected chi connectivity index (χ0v) is 18.7. The van der Waals surface area contributed by atoms with Gasteiger partial charge in [-0.3, -0.25) is 4.68 Å². The van der Waals surface area contributed by atoms with Crippen molar-refractivity contribution in [1.82, 2.24) is 25.3 Å². The lowest BCUT2D eigenvalue weighted by Crippen LogP contribution is -2.43. The molecule has 2 aromatic rings. The van der Waals surface area contributed by atoms with Crippen LogP contribution in [0.5, 0.6) is 0 Å². The van der Waals surface area contributed by atoms with Crippen molar-refractivity contribution in [3.05, 3.63) is 53.9 Å². The number of amides is 1. The third-order valence-electron chi connectivity index (χ3n) is 4.21. The molecule has 0 bridgehead atoms. The molecule has 0 aliphatic rings. The highest BCUT2D eigenvalue weighted by molar-refractivity contribution is 5.79. The lowest BCUT2D eigenvalue weighted by molar-refractivity contribution is 0.0302. The first kappa shape index (κ1) is 23.3. The lowest BCUT2D eigenvalue weighted by atomic mass is 10.1. The number of rotatable bonds is 8. The van der Waals surface area contributed by atoms with E-state index in [2.05, 4.69) is 27.9 Å². The van der Waals surface area contributed by atoms with Crippen molar-refractivity contribution in [3.8, 4) is 0 Å². The second kappa shape index (κ2) is 11.2. The summed E-state index contributed by atoms with van der Waals surface area (Å²) in [4.78, 5) is 18.3. The molecule has 164 valence electrons. The number of hydrogen-bond acceptors (Lipinski definition) is 4. The number of hydrogen-bond donors (Lipinski definition) is 2. The Hall–Kier alpha value is -3.03. The highest BCUT2D eigenvalue weighted by Gasteiger charge is 2.19. The van der Waals surface area contributed by atoms with Gasteiger partial charge in [0.15, 0.2) is 5.96 Å². The third kappa shape index (κ3) is 8.14. The normalized spacial score (nSPS) is 11.8. The molecule has 0 fully saturated rings. The second-order valence-corrected chi connectivity index (χ2v) is 8.00. The van der Waals surface area contributed by atoms with Crippen molar-refractivity contribution in [2.45, 2.75) is 46.4 Å². The standard InChI is InChI=1S/C22H34N6O2/c1-6-23-20(24-13-15-27(5)21(29)30-22(2,3)4)25-16-18-10-7-8-11-19(18)17-28-14-9-12-26-28/h7-12,14H,6,13,15-17H2,1-5H3,(H2,23,24,25). The molecule has 0 saturated carbocycles. The van der Waals surface area contributed by atoms with Crippen molar-refractivity contribution in [1.29, 1.82) is 0 Å². The van der Waals surface area contributed by atoms with Gasteiger partial charge in [-0.2, -0.15) is 5.10 Å². The molecule has 2 rings (SSSR count). The van der Waals surface area contributed by atoms with Crippen LogP contribution in [0.4, 0.5) is 4.79 Å². The molecule has 0 saturated heterocycles. The number of carbonyl (C=O) groups excluding carboxylic acids is 1. The van der Waals surface area contributed by atoms with E-state index in [0.29, 0.717) is 32.1 Å². The second-order valence-electron chi connectivity index (χ2n) is 8.00. The number of likely N-dealkylation sites (N-methyl/N-ethyl adjacent to an activating group) is 1. The first-order valence-corrected chi connectivity index (χ1v) is 10.3. The van der Waals surface area contributed by atoms with Gasteiger partial charge in [0.25, 0.3) is 0 Å². The number of guanidine groups is 1. The summed E-state index contributed by atoms with van der Waals surface area (Å²) >= 11 is 0. The van der Waals surface area contributed by atoms with E-state index in [1.165, 1.54) is 5.56 Å². The van der Waals surface area contributed by atoms with E-state index in [1.807, 2.05) is 56.8 Å². The van der Waals surface area contributed by atoms with Crippen LogP contribution < -0.4 is 10.6 Å². The molecular weight excluding hydrogens is 380 g/mol. The Kier molecular flexibility index (Phi) is 8.70. The Balaban J connectivity index is 1.92. The van der Waals surface area contributed by atoms with Crippen LogP contribution in [0, 0.1) is 0 Å². The highest BCUT2D eigenvalue weighted by atomic mass is 16.6. The molecule has 2 N–H and O–H groups in total. The average molecular weight is 415 g/mol. The minimum Gasteiger partial charge on any atom is -0.444 e.